The van der Waals surface area contributed by atoms with Gasteiger partial charge in [-0.15, -0.1) is 0 Å². The van der Waals surface area contributed by atoms with Gasteiger partial charge in [-0.25, -0.2) is 0 Å². The highest BCUT2D eigenvalue weighted by Crippen LogP contribution is 2.21. The predicted molar refractivity (Wildman–Crippen MR) is 95.5 cm³/mol. The van der Waals surface area contributed by atoms with E-state index in [1.54, 1.807) is 0 Å². The number of nitrogens with one attached hydrogen (secondary N) is 2. The van der Waals surface area contributed by atoms with Crippen LogP contribution >= 0.6 is 0 Å². The Bertz CT molecular complexity index is 606. The SMILES string of the molecule is CCCCC(=O)Nc1ccc(Nc2ccc(OCC)cc2)cc1. The average molecular weight is 312 g/mol. The summed E-state index contributed by atoms with van der Waals surface area (Å²) in [6.45, 7) is 4.71. The Hall–Kier alpha value is -2.49. The maximum absolute atomic E-state index is 11.7. The molecule has 122 valence electrons. The molecule has 0 radical (unpaired) electrons. The number of carbonyl (C=O) groups excluding carboxylic acids is 1. The van der Waals surface area contributed by atoms with Crippen molar-refractivity contribution in [2.24, 2.45) is 0 Å². The predicted octanol–water partition coefficient (Wildman–Crippen LogP) is 4.96. The number of benzene rings is 2. The first-order chi connectivity index (χ1) is 11.2. The Labute approximate surface area is 137 Å². The van der Waals surface area contributed by atoms with E-state index in [-0.39, 0.29) is 5.91 Å². The van der Waals surface area contributed by atoms with Crippen molar-refractivity contribution >= 4 is 23.0 Å². The first kappa shape index (κ1) is 16.9. The zero-order valence-electron chi connectivity index (χ0n) is 13.8. The van der Waals surface area contributed by atoms with Crippen molar-refractivity contribution in [2.75, 3.05) is 17.2 Å². The summed E-state index contributed by atoms with van der Waals surface area (Å²) in [4.78, 5) is 11.7. The van der Waals surface area contributed by atoms with Crippen LogP contribution in [0.3, 0.4) is 0 Å². The van der Waals surface area contributed by atoms with Gasteiger partial charge in [0.1, 0.15) is 5.75 Å². The minimum absolute atomic E-state index is 0.0686. The number of hydrogen-bond acceptors (Lipinski definition) is 3. The van der Waals surface area contributed by atoms with Gasteiger partial charge in [0.2, 0.25) is 5.91 Å². The van der Waals surface area contributed by atoms with E-state index in [0.717, 1.165) is 35.7 Å². The van der Waals surface area contributed by atoms with E-state index in [0.29, 0.717) is 13.0 Å². The molecule has 4 heteroatoms. The Kier molecular flexibility index (Phi) is 6.48. The van der Waals surface area contributed by atoms with Crippen molar-refractivity contribution in [3.8, 4) is 5.75 Å². The summed E-state index contributed by atoms with van der Waals surface area (Å²) in [5.41, 5.74) is 2.79. The molecule has 0 aliphatic rings. The molecule has 0 saturated heterocycles. The lowest BCUT2D eigenvalue weighted by Gasteiger charge is -2.09. The van der Waals surface area contributed by atoms with Gasteiger partial charge in [-0.05, 0) is 61.9 Å². The topological polar surface area (TPSA) is 50.4 Å². The van der Waals surface area contributed by atoms with E-state index in [1.807, 2.05) is 55.5 Å². The molecule has 0 aliphatic carbocycles. The van der Waals surface area contributed by atoms with Crippen LogP contribution in [0.5, 0.6) is 5.75 Å². The number of hydrogen-bond donors (Lipinski definition) is 2. The molecule has 2 rings (SSSR count). The number of carbonyl (C=O) groups is 1. The van der Waals surface area contributed by atoms with Crippen LogP contribution in [-0.2, 0) is 4.79 Å². The molecule has 0 heterocycles. The van der Waals surface area contributed by atoms with Gasteiger partial charge in [-0.3, -0.25) is 4.79 Å². The van der Waals surface area contributed by atoms with Gasteiger partial charge in [0.15, 0.2) is 0 Å². The number of rotatable bonds is 8. The minimum atomic E-state index is 0.0686. The summed E-state index contributed by atoms with van der Waals surface area (Å²) < 4.78 is 5.42. The monoisotopic (exact) mass is 312 g/mol. The largest absolute Gasteiger partial charge is 0.494 e. The van der Waals surface area contributed by atoms with Crippen molar-refractivity contribution in [3.05, 3.63) is 48.5 Å². The van der Waals surface area contributed by atoms with Gasteiger partial charge in [0, 0.05) is 23.5 Å². The summed E-state index contributed by atoms with van der Waals surface area (Å²) in [5, 5.41) is 6.23. The van der Waals surface area contributed by atoms with Crippen molar-refractivity contribution in [1.29, 1.82) is 0 Å². The van der Waals surface area contributed by atoms with Crippen LogP contribution in [0, 0.1) is 0 Å². The fourth-order valence-electron chi connectivity index (χ4n) is 2.17. The Morgan fingerprint density at radius 1 is 0.913 bits per heavy atom. The average Bonchev–Trinajstić information content (AvgIpc) is 2.57. The highest BCUT2D eigenvalue weighted by atomic mass is 16.5. The minimum Gasteiger partial charge on any atom is -0.494 e. The van der Waals surface area contributed by atoms with Gasteiger partial charge in [-0.2, -0.15) is 0 Å². The van der Waals surface area contributed by atoms with Gasteiger partial charge in [-0.1, -0.05) is 13.3 Å². The molecule has 4 nitrogen and oxygen atoms in total. The molecule has 0 spiro atoms. The smallest absolute Gasteiger partial charge is 0.224 e. The molecule has 2 aromatic carbocycles. The first-order valence-electron chi connectivity index (χ1n) is 8.11. The number of ether oxygens (including phenoxy) is 1. The maximum Gasteiger partial charge on any atom is 0.224 e. The second kappa shape index (κ2) is 8.83. The van der Waals surface area contributed by atoms with Crippen LogP contribution in [-0.4, -0.2) is 12.5 Å². The second-order valence-electron chi connectivity index (χ2n) is 5.31. The van der Waals surface area contributed by atoms with Crippen LogP contribution in [0.4, 0.5) is 17.1 Å². The third kappa shape index (κ3) is 5.66. The molecule has 0 aromatic heterocycles. The lowest BCUT2D eigenvalue weighted by atomic mass is 10.2. The summed E-state index contributed by atoms with van der Waals surface area (Å²) in [6.07, 6.45) is 2.52. The molecule has 0 aliphatic heterocycles. The standard InChI is InChI=1S/C19H24N2O2/c1-3-5-6-19(22)21-17-9-7-15(8-10-17)20-16-11-13-18(14-12-16)23-4-2/h7-14,20H,3-6H2,1-2H3,(H,21,22). The summed E-state index contributed by atoms with van der Waals surface area (Å²) in [6, 6.07) is 15.5. The zero-order valence-corrected chi connectivity index (χ0v) is 13.8. The Morgan fingerprint density at radius 3 is 2.04 bits per heavy atom. The van der Waals surface area contributed by atoms with E-state index in [2.05, 4.69) is 17.6 Å². The summed E-state index contributed by atoms with van der Waals surface area (Å²) >= 11 is 0. The summed E-state index contributed by atoms with van der Waals surface area (Å²) in [7, 11) is 0. The molecule has 2 N–H and O–H groups in total. The van der Waals surface area contributed by atoms with Gasteiger partial charge in [0.25, 0.3) is 0 Å². The van der Waals surface area contributed by atoms with Gasteiger partial charge >= 0.3 is 0 Å². The molecule has 0 fully saturated rings. The number of anilines is 3. The molecular weight excluding hydrogens is 288 g/mol. The Morgan fingerprint density at radius 2 is 1.48 bits per heavy atom. The fourth-order valence-corrected chi connectivity index (χ4v) is 2.17. The van der Waals surface area contributed by atoms with Gasteiger partial charge in [0.05, 0.1) is 6.61 Å². The second-order valence-corrected chi connectivity index (χ2v) is 5.31. The lowest BCUT2D eigenvalue weighted by Crippen LogP contribution is -2.10. The first-order valence-corrected chi connectivity index (χ1v) is 8.11. The van der Waals surface area contributed by atoms with Crippen molar-refractivity contribution in [2.45, 2.75) is 33.1 Å². The normalized spacial score (nSPS) is 10.2. The van der Waals surface area contributed by atoms with Crippen molar-refractivity contribution in [3.63, 3.8) is 0 Å². The van der Waals surface area contributed by atoms with E-state index in [4.69, 9.17) is 4.74 Å². The fraction of sp³-hybridized carbons (Fsp3) is 0.316. The van der Waals surface area contributed by atoms with Crippen LogP contribution in [0.1, 0.15) is 33.1 Å². The van der Waals surface area contributed by atoms with Crippen LogP contribution in [0.15, 0.2) is 48.5 Å². The van der Waals surface area contributed by atoms with Gasteiger partial charge < -0.3 is 15.4 Å². The Balaban J connectivity index is 1.90. The molecule has 1 amide bonds. The molecular formula is C19H24N2O2. The molecule has 0 unspecified atom stereocenters. The van der Waals surface area contributed by atoms with E-state index in [9.17, 15) is 4.79 Å². The molecule has 23 heavy (non-hydrogen) atoms. The molecule has 0 saturated carbocycles. The highest BCUT2D eigenvalue weighted by molar-refractivity contribution is 5.90. The quantitative estimate of drug-likeness (QED) is 0.724. The number of unbranched alkanes of at least 4 members (excludes halogenated alkanes) is 1. The van der Waals surface area contributed by atoms with Crippen LogP contribution in [0.25, 0.3) is 0 Å². The third-order valence-corrected chi connectivity index (χ3v) is 3.38. The third-order valence-electron chi connectivity index (χ3n) is 3.38. The van der Waals surface area contributed by atoms with Crippen molar-refractivity contribution < 1.29 is 9.53 Å². The molecule has 2 aromatic rings. The van der Waals surface area contributed by atoms with Crippen LogP contribution < -0.4 is 15.4 Å². The number of amides is 1. The van der Waals surface area contributed by atoms with Crippen LogP contribution in [0.2, 0.25) is 0 Å². The highest BCUT2D eigenvalue weighted by Gasteiger charge is 2.02. The molecule has 0 atom stereocenters. The maximum atomic E-state index is 11.7. The van der Waals surface area contributed by atoms with E-state index >= 15 is 0 Å². The summed E-state index contributed by atoms with van der Waals surface area (Å²) in [5.74, 6) is 0.933. The zero-order chi connectivity index (χ0) is 16.5. The van der Waals surface area contributed by atoms with Crippen molar-refractivity contribution in [1.82, 2.24) is 0 Å². The lowest BCUT2D eigenvalue weighted by molar-refractivity contribution is -0.116. The molecule has 0 bridgehead atoms. The van der Waals surface area contributed by atoms with E-state index in [1.165, 1.54) is 0 Å². The van der Waals surface area contributed by atoms with E-state index < -0.39 is 0 Å².